The Kier molecular flexibility index (Phi) is 5.02. The Hall–Kier alpha value is -1.81. The largest absolute Gasteiger partial charge is 0.417 e. The third kappa shape index (κ3) is 4.33. The van der Waals surface area contributed by atoms with Crippen LogP contribution in [0, 0.1) is 26.7 Å². The van der Waals surface area contributed by atoms with Crippen LogP contribution >= 0.6 is 0 Å². The molecule has 0 fully saturated rings. The molecule has 0 aliphatic carbocycles. The summed E-state index contributed by atoms with van der Waals surface area (Å²) in [5.41, 5.74) is 4.33. The molecule has 4 nitrogen and oxygen atoms in total. The standard InChI is InChI=1S/C17H24N2O2/c1-11(2)8-18-9-15-10-20-17(19-15)21-16-7-12(3)6-13(4)14(16)5/h6-7,10-11,18H,8-9H2,1-5H3. The number of aromatic nitrogens is 1. The number of aryl methyl sites for hydroxylation is 2. The molecule has 1 heterocycles. The second kappa shape index (κ2) is 6.76. The highest BCUT2D eigenvalue weighted by molar-refractivity contribution is 5.42. The van der Waals surface area contributed by atoms with Crippen LogP contribution in [0.2, 0.25) is 0 Å². The van der Waals surface area contributed by atoms with Gasteiger partial charge in [-0.3, -0.25) is 0 Å². The van der Waals surface area contributed by atoms with Gasteiger partial charge in [0.2, 0.25) is 0 Å². The Morgan fingerprint density at radius 1 is 1.24 bits per heavy atom. The summed E-state index contributed by atoms with van der Waals surface area (Å²) < 4.78 is 11.2. The number of nitrogens with one attached hydrogen (secondary N) is 1. The molecule has 0 spiro atoms. The van der Waals surface area contributed by atoms with Crippen LogP contribution in [0.15, 0.2) is 22.8 Å². The van der Waals surface area contributed by atoms with Gasteiger partial charge in [0.1, 0.15) is 12.0 Å². The van der Waals surface area contributed by atoms with E-state index in [0.29, 0.717) is 18.5 Å². The summed E-state index contributed by atoms with van der Waals surface area (Å²) in [7, 11) is 0. The Morgan fingerprint density at radius 3 is 2.71 bits per heavy atom. The van der Waals surface area contributed by atoms with Gasteiger partial charge in [-0.1, -0.05) is 19.9 Å². The fraction of sp³-hybridized carbons (Fsp3) is 0.471. The monoisotopic (exact) mass is 288 g/mol. The van der Waals surface area contributed by atoms with Crippen LogP contribution in [-0.2, 0) is 6.54 Å². The third-order valence-electron chi connectivity index (χ3n) is 3.35. The molecule has 0 unspecified atom stereocenters. The fourth-order valence-electron chi connectivity index (χ4n) is 2.11. The predicted molar refractivity (Wildman–Crippen MR) is 83.8 cm³/mol. The number of benzene rings is 1. The zero-order valence-corrected chi connectivity index (χ0v) is 13.5. The van der Waals surface area contributed by atoms with E-state index in [9.17, 15) is 0 Å². The topological polar surface area (TPSA) is 47.3 Å². The van der Waals surface area contributed by atoms with Crippen molar-refractivity contribution in [3.8, 4) is 11.8 Å². The molecule has 0 bridgehead atoms. The average molecular weight is 288 g/mol. The van der Waals surface area contributed by atoms with Crippen LogP contribution in [0.1, 0.15) is 36.2 Å². The van der Waals surface area contributed by atoms with Gasteiger partial charge < -0.3 is 14.5 Å². The summed E-state index contributed by atoms with van der Waals surface area (Å²) in [4.78, 5) is 4.35. The van der Waals surface area contributed by atoms with E-state index < -0.39 is 0 Å². The number of hydrogen-bond acceptors (Lipinski definition) is 4. The van der Waals surface area contributed by atoms with Gasteiger partial charge in [0.25, 0.3) is 0 Å². The van der Waals surface area contributed by atoms with E-state index in [1.165, 1.54) is 11.1 Å². The van der Waals surface area contributed by atoms with Crippen molar-refractivity contribution in [2.75, 3.05) is 6.54 Å². The van der Waals surface area contributed by atoms with Crippen molar-refractivity contribution in [3.05, 3.63) is 40.8 Å². The highest BCUT2D eigenvalue weighted by Crippen LogP contribution is 2.28. The van der Waals surface area contributed by atoms with E-state index in [2.05, 4.69) is 44.1 Å². The first-order valence-corrected chi connectivity index (χ1v) is 7.36. The molecule has 0 aliphatic rings. The molecule has 2 aromatic rings. The lowest BCUT2D eigenvalue weighted by Gasteiger charge is -2.09. The molecule has 21 heavy (non-hydrogen) atoms. The third-order valence-corrected chi connectivity index (χ3v) is 3.35. The van der Waals surface area contributed by atoms with Gasteiger partial charge in [-0.25, -0.2) is 0 Å². The zero-order chi connectivity index (χ0) is 15.4. The second-order valence-corrected chi connectivity index (χ2v) is 5.94. The number of hydrogen-bond donors (Lipinski definition) is 1. The van der Waals surface area contributed by atoms with Gasteiger partial charge in [0.05, 0.1) is 5.69 Å². The lowest BCUT2D eigenvalue weighted by atomic mass is 10.1. The maximum absolute atomic E-state index is 5.77. The minimum Gasteiger partial charge on any atom is -0.417 e. The van der Waals surface area contributed by atoms with Gasteiger partial charge in [-0.2, -0.15) is 4.98 Å². The molecule has 1 N–H and O–H groups in total. The van der Waals surface area contributed by atoms with Crippen molar-refractivity contribution in [1.29, 1.82) is 0 Å². The first-order valence-electron chi connectivity index (χ1n) is 7.36. The Balaban J connectivity index is 2.02. The molecule has 0 radical (unpaired) electrons. The maximum Gasteiger partial charge on any atom is 0.399 e. The van der Waals surface area contributed by atoms with E-state index in [1.807, 2.05) is 13.0 Å². The van der Waals surface area contributed by atoms with Crippen LogP contribution in [-0.4, -0.2) is 11.5 Å². The lowest BCUT2D eigenvalue weighted by molar-refractivity contribution is 0.329. The summed E-state index contributed by atoms with van der Waals surface area (Å²) in [5.74, 6) is 1.42. The predicted octanol–water partition coefficient (Wildman–Crippen LogP) is 4.14. The Morgan fingerprint density at radius 2 is 2.00 bits per heavy atom. The van der Waals surface area contributed by atoms with Gasteiger partial charge >= 0.3 is 6.08 Å². The van der Waals surface area contributed by atoms with E-state index >= 15 is 0 Å². The highest BCUT2D eigenvalue weighted by Gasteiger charge is 2.10. The number of nitrogens with zero attached hydrogens (tertiary/aromatic N) is 1. The van der Waals surface area contributed by atoms with Crippen LogP contribution in [0.3, 0.4) is 0 Å². The molecule has 0 atom stereocenters. The summed E-state index contributed by atoms with van der Waals surface area (Å²) in [5, 5.41) is 3.33. The molecule has 1 aromatic carbocycles. The molecule has 0 saturated heterocycles. The molecular formula is C17H24N2O2. The van der Waals surface area contributed by atoms with E-state index in [1.54, 1.807) is 6.26 Å². The molecule has 0 saturated carbocycles. The van der Waals surface area contributed by atoms with Crippen LogP contribution in [0.4, 0.5) is 0 Å². The van der Waals surface area contributed by atoms with Crippen molar-refractivity contribution in [1.82, 2.24) is 10.3 Å². The molecule has 0 aliphatic heterocycles. The van der Waals surface area contributed by atoms with Crippen molar-refractivity contribution in [2.45, 2.75) is 41.2 Å². The number of ether oxygens (including phenoxy) is 1. The summed E-state index contributed by atoms with van der Waals surface area (Å²) in [6, 6.07) is 4.14. The quantitative estimate of drug-likeness (QED) is 0.868. The number of oxazole rings is 1. The maximum atomic E-state index is 5.77. The highest BCUT2D eigenvalue weighted by atomic mass is 16.6. The van der Waals surface area contributed by atoms with Gasteiger partial charge in [-0.05, 0) is 56.0 Å². The first-order chi connectivity index (χ1) is 9.95. The summed E-state index contributed by atoms with van der Waals surface area (Å²) in [6.07, 6.45) is 1.94. The van der Waals surface area contributed by atoms with E-state index in [0.717, 1.165) is 23.6 Å². The van der Waals surface area contributed by atoms with E-state index in [4.69, 9.17) is 9.15 Å². The SMILES string of the molecule is Cc1cc(C)c(C)c(Oc2nc(CNCC(C)C)co2)c1. The van der Waals surface area contributed by atoms with E-state index in [-0.39, 0.29) is 0 Å². The lowest BCUT2D eigenvalue weighted by Crippen LogP contribution is -2.19. The molecule has 2 rings (SSSR count). The minimum absolute atomic E-state index is 0.296. The fourth-order valence-corrected chi connectivity index (χ4v) is 2.11. The van der Waals surface area contributed by atoms with Crippen molar-refractivity contribution in [3.63, 3.8) is 0 Å². The van der Waals surface area contributed by atoms with Gasteiger partial charge in [0, 0.05) is 6.54 Å². The van der Waals surface area contributed by atoms with Crippen molar-refractivity contribution in [2.24, 2.45) is 5.92 Å². The Bertz CT molecular complexity index is 603. The van der Waals surface area contributed by atoms with Gasteiger partial charge in [-0.15, -0.1) is 0 Å². The minimum atomic E-state index is 0.296. The number of rotatable bonds is 6. The Labute approximate surface area is 126 Å². The molecule has 114 valence electrons. The molecule has 4 heteroatoms. The van der Waals surface area contributed by atoms with Crippen molar-refractivity contribution >= 4 is 0 Å². The smallest absolute Gasteiger partial charge is 0.399 e. The molecule has 1 aromatic heterocycles. The normalized spacial score (nSPS) is 11.1. The average Bonchev–Trinajstić information content (AvgIpc) is 2.82. The zero-order valence-electron chi connectivity index (χ0n) is 13.5. The van der Waals surface area contributed by atoms with Crippen LogP contribution < -0.4 is 10.1 Å². The van der Waals surface area contributed by atoms with Gasteiger partial charge in [0.15, 0.2) is 0 Å². The summed E-state index contributed by atoms with van der Waals surface area (Å²) in [6.45, 7) is 12.2. The first kappa shape index (κ1) is 15.6. The second-order valence-electron chi connectivity index (χ2n) is 5.94. The molecule has 0 amide bonds. The van der Waals surface area contributed by atoms with Crippen molar-refractivity contribution < 1.29 is 9.15 Å². The van der Waals surface area contributed by atoms with Crippen LogP contribution in [0.5, 0.6) is 11.8 Å². The summed E-state index contributed by atoms with van der Waals surface area (Å²) >= 11 is 0. The van der Waals surface area contributed by atoms with Crippen LogP contribution in [0.25, 0.3) is 0 Å². The molecular weight excluding hydrogens is 264 g/mol.